The summed E-state index contributed by atoms with van der Waals surface area (Å²) in [6.45, 7) is 0. The van der Waals surface area contributed by atoms with Gasteiger partial charge in [-0.25, -0.2) is 9.37 Å². The number of benzene rings is 1. The number of hydrogen-bond acceptors (Lipinski definition) is 2. The molecule has 1 N–H and O–H groups in total. The van der Waals surface area contributed by atoms with Crippen LogP contribution < -0.4 is 5.56 Å². The van der Waals surface area contributed by atoms with E-state index in [9.17, 15) is 9.18 Å². The maximum absolute atomic E-state index is 13.1. The van der Waals surface area contributed by atoms with Crippen LogP contribution in [-0.2, 0) is 0 Å². The van der Waals surface area contributed by atoms with E-state index in [1.807, 2.05) is 0 Å². The lowest BCUT2D eigenvalue weighted by atomic mass is 10.2. The number of H-pyrrole nitrogens is 1. The van der Waals surface area contributed by atoms with Crippen LogP contribution in [0.3, 0.4) is 0 Å². The second-order valence-electron chi connectivity index (χ2n) is 4.42. The number of rotatable bonds is 2. The van der Waals surface area contributed by atoms with Gasteiger partial charge >= 0.3 is 0 Å². The zero-order valence-electron chi connectivity index (χ0n) is 9.41. The van der Waals surface area contributed by atoms with Gasteiger partial charge in [0.05, 0.1) is 10.7 Å². The van der Waals surface area contributed by atoms with Gasteiger partial charge in [-0.3, -0.25) is 4.79 Å². The molecule has 1 aromatic heterocycles. The van der Waals surface area contributed by atoms with Crippen LogP contribution in [0.5, 0.6) is 0 Å². The van der Waals surface area contributed by atoms with Crippen LogP contribution >= 0.6 is 11.6 Å². The fourth-order valence-electron chi connectivity index (χ4n) is 1.84. The summed E-state index contributed by atoms with van der Waals surface area (Å²) >= 11 is 5.72. The third kappa shape index (κ3) is 2.16. The van der Waals surface area contributed by atoms with E-state index >= 15 is 0 Å². The molecule has 1 aliphatic carbocycles. The molecule has 18 heavy (non-hydrogen) atoms. The van der Waals surface area contributed by atoms with Gasteiger partial charge in [0.25, 0.3) is 5.56 Å². The summed E-state index contributed by atoms with van der Waals surface area (Å²) in [7, 11) is 0. The van der Waals surface area contributed by atoms with Gasteiger partial charge in [-0.05, 0) is 31.0 Å². The molecule has 3 nitrogen and oxygen atoms in total. The van der Waals surface area contributed by atoms with Crippen LogP contribution in [0.4, 0.5) is 4.39 Å². The maximum Gasteiger partial charge on any atom is 0.251 e. The molecular formula is C13H10ClFN2O. The number of hydrogen-bond donors (Lipinski definition) is 1. The average molecular weight is 265 g/mol. The Labute approximate surface area is 108 Å². The Morgan fingerprint density at radius 2 is 2.11 bits per heavy atom. The van der Waals surface area contributed by atoms with E-state index in [1.54, 1.807) is 6.07 Å². The third-order valence-corrected chi connectivity index (χ3v) is 3.24. The van der Waals surface area contributed by atoms with Gasteiger partial charge in [-0.15, -0.1) is 0 Å². The fraction of sp³-hybridized carbons (Fsp3) is 0.231. The van der Waals surface area contributed by atoms with Crippen molar-refractivity contribution in [2.75, 3.05) is 0 Å². The molecule has 0 unspecified atom stereocenters. The monoisotopic (exact) mass is 264 g/mol. The summed E-state index contributed by atoms with van der Waals surface area (Å²) in [4.78, 5) is 18.6. The van der Waals surface area contributed by atoms with Crippen molar-refractivity contribution < 1.29 is 4.39 Å². The molecule has 0 saturated heterocycles. The first-order valence-electron chi connectivity index (χ1n) is 5.70. The molecule has 1 aliphatic rings. The highest BCUT2D eigenvalue weighted by Gasteiger charge is 2.25. The van der Waals surface area contributed by atoms with Gasteiger partial charge in [0.15, 0.2) is 0 Å². The van der Waals surface area contributed by atoms with E-state index in [1.165, 1.54) is 18.2 Å². The van der Waals surface area contributed by atoms with Crippen LogP contribution in [-0.4, -0.2) is 9.97 Å². The second kappa shape index (κ2) is 4.21. The number of halogens is 2. The molecule has 0 bridgehead atoms. The van der Waals surface area contributed by atoms with Crippen LogP contribution in [0, 0.1) is 5.82 Å². The minimum absolute atomic E-state index is 0.0203. The minimum Gasteiger partial charge on any atom is -0.307 e. The number of nitrogens with zero attached hydrogens (tertiary/aromatic N) is 1. The molecule has 0 aliphatic heterocycles. The van der Waals surface area contributed by atoms with Crippen molar-refractivity contribution in [2.24, 2.45) is 0 Å². The van der Waals surface area contributed by atoms with E-state index in [0.717, 1.165) is 18.5 Å². The molecule has 0 amide bonds. The smallest absolute Gasteiger partial charge is 0.251 e. The maximum atomic E-state index is 13.1. The zero-order valence-corrected chi connectivity index (χ0v) is 10.2. The Balaban J connectivity index is 2.09. The highest BCUT2D eigenvalue weighted by Crippen LogP contribution is 2.38. The summed E-state index contributed by atoms with van der Waals surface area (Å²) in [5.41, 5.74) is 1.22. The number of nitrogens with one attached hydrogen (secondary N) is 1. The quantitative estimate of drug-likeness (QED) is 0.906. The van der Waals surface area contributed by atoms with Gasteiger partial charge in [0.2, 0.25) is 0 Å². The Bertz CT molecular complexity index is 664. The highest BCUT2D eigenvalue weighted by atomic mass is 35.5. The molecule has 92 valence electrons. The van der Waals surface area contributed by atoms with E-state index in [4.69, 9.17) is 11.6 Å². The Morgan fingerprint density at radius 1 is 1.33 bits per heavy atom. The van der Waals surface area contributed by atoms with Crippen LogP contribution in [0.15, 0.2) is 29.1 Å². The van der Waals surface area contributed by atoms with E-state index in [2.05, 4.69) is 9.97 Å². The van der Waals surface area contributed by atoms with Gasteiger partial charge in [0, 0.05) is 17.5 Å². The lowest BCUT2D eigenvalue weighted by Crippen LogP contribution is -2.09. The molecule has 1 fully saturated rings. The van der Waals surface area contributed by atoms with Crippen molar-refractivity contribution in [3.05, 3.63) is 51.2 Å². The minimum atomic E-state index is -0.485. The topological polar surface area (TPSA) is 45.8 Å². The standard InChI is InChI=1S/C13H10ClFN2O/c14-9-5-8(3-4-10(9)15)13-16-11(7-1-2-7)6-12(18)17-13/h3-7H,1-2H2,(H,16,17,18). The van der Waals surface area contributed by atoms with Crippen molar-refractivity contribution in [3.63, 3.8) is 0 Å². The summed E-state index contributed by atoms with van der Waals surface area (Å²) in [5.74, 6) is 0.342. The van der Waals surface area contributed by atoms with Crippen LogP contribution in [0.1, 0.15) is 24.5 Å². The molecule has 2 aromatic rings. The van der Waals surface area contributed by atoms with Gasteiger partial charge in [-0.1, -0.05) is 11.6 Å². The van der Waals surface area contributed by atoms with Crippen LogP contribution in [0.2, 0.25) is 5.02 Å². The molecule has 0 radical (unpaired) electrons. The lowest BCUT2D eigenvalue weighted by molar-refractivity contribution is 0.628. The second-order valence-corrected chi connectivity index (χ2v) is 4.83. The molecule has 0 atom stereocenters. The SMILES string of the molecule is O=c1cc(C2CC2)nc(-c2ccc(F)c(Cl)c2)[nH]1. The molecule has 1 heterocycles. The van der Waals surface area contributed by atoms with Crippen LogP contribution in [0.25, 0.3) is 11.4 Å². The van der Waals surface area contributed by atoms with Crippen molar-refractivity contribution in [1.29, 1.82) is 0 Å². The van der Waals surface area contributed by atoms with E-state index in [0.29, 0.717) is 17.3 Å². The first kappa shape index (κ1) is 11.4. The van der Waals surface area contributed by atoms with Crippen molar-refractivity contribution >= 4 is 11.6 Å². The Hall–Kier alpha value is -1.68. The molecule has 0 spiro atoms. The van der Waals surface area contributed by atoms with E-state index in [-0.39, 0.29) is 10.6 Å². The summed E-state index contributed by atoms with van der Waals surface area (Å²) < 4.78 is 13.1. The predicted molar refractivity (Wildman–Crippen MR) is 67.2 cm³/mol. The fourth-order valence-corrected chi connectivity index (χ4v) is 2.03. The first-order valence-corrected chi connectivity index (χ1v) is 6.08. The highest BCUT2D eigenvalue weighted by molar-refractivity contribution is 6.31. The van der Waals surface area contributed by atoms with Crippen molar-refractivity contribution in [2.45, 2.75) is 18.8 Å². The number of aromatic amines is 1. The molecular weight excluding hydrogens is 255 g/mol. The summed E-state index contributed by atoms with van der Waals surface area (Å²) in [5, 5.41) is 0.0203. The predicted octanol–water partition coefficient (Wildman–Crippen LogP) is 3.11. The summed E-state index contributed by atoms with van der Waals surface area (Å²) in [6, 6.07) is 5.80. The molecule has 1 aromatic carbocycles. The van der Waals surface area contributed by atoms with Gasteiger partial charge < -0.3 is 4.98 Å². The summed E-state index contributed by atoms with van der Waals surface area (Å²) in [6.07, 6.45) is 2.14. The Morgan fingerprint density at radius 3 is 2.78 bits per heavy atom. The molecule has 3 rings (SSSR count). The van der Waals surface area contributed by atoms with Crippen molar-refractivity contribution in [3.8, 4) is 11.4 Å². The normalized spacial score (nSPS) is 14.8. The zero-order chi connectivity index (χ0) is 12.7. The number of aromatic nitrogens is 2. The average Bonchev–Trinajstić information content (AvgIpc) is 3.16. The van der Waals surface area contributed by atoms with Gasteiger partial charge in [0.1, 0.15) is 11.6 Å². The Kier molecular flexibility index (Phi) is 2.67. The van der Waals surface area contributed by atoms with Crippen molar-refractivity contribution in [1.82, 2.24) is 9.97 Å². The molecule has 1 saturated carbocycles. The molecule has 5 heteroatoms. The first-order chi connectivity index (χ1) is 8.63. The lowest BCUT2D eigenvalue weighted by Gasteiger charge is -2.04. The van der Waals surface area contributed by atoms with E-state index < -0.39 is 5.82 Å². The van der Waals surface area contributed by atoms with Gasteiger partial charge in [-0.2, -0.15) is 0 Å². The third-order valence-electron chi connectivity index (χ3n) is 2.95. The largest absolute Gasteiger partial charge is 0.307 e.